The van der Waals surface area contributed by atoms with Crippen molar-refractivity contribution in [3.8, 4) is 0 Å². The van der Waals surface area contributed by atoms with Gasteiger partial charge in [0.1, 0.15) is 5.60 Å². The highest BCUT2D eigenvalue weighted by Gasteiger charge is 2.36. The summed E-state index contributed by atoms with van der Waals surface area (Å²) in [5, 5.41) is 1.21. The summed E-state index contributed by atoms with van der Waals surface area (Å²) in [4.78, 5) is 19.0. The lowest BCUT2D eigenvalue weighted by molar-refractivity contribution is 0.0170. The molecule has 0 atom stereocenters. The molecule has 1 aliphatic heterocycles. The van der Waals surface area contributed by atoms with Gasteiger partial charge in [-0.3, -0.25) is 4.98 Å². The molecule has 0 radical (unpaired) electrons. The summed E-state index contributed by atoms with van der Waals surface area (Å²) in [6, 6.07) is 10.5. The van der Waals surface area contributed by atoms with Gasteiger partial charge in [-0.2, -0.15) is 0 Å². The van der Waals surface area contributed by atoms with E-state index in [0.717, 1.165) is 24.1 Å². The van der Waals surface area contributed by atoms with Crippen LogP contribution in [-0.2, 0) is 10.2 Å². The quantitative estimate of drug-likeness (QED) is 0.746. The lowest BCUT2D eigenvalue weighted by Crippen LogP contribution is -2.46. The smallest absolute Gasteiger partial charge is 0.410 e. The first-order chi connectivity index (χ1) is 11.7. The second kappa shape index (κ2) is 6.32. The normalized spacial score (nSPS) is 17.6. The maximum atomic E-state index is 12.3. The Morgan fingerprint density at radius 1 is 1.20 bits per heavy atom. The molecule has 0 spiro atoms. The van der Waals surface area contributed by atoms with Gasteiger partial charge in [-0.05, 0) is 58.2 Å². The third-order valence-corrected chi connectivity index (χ3v) is 5.06. The number of hydrogen-bond donors (Lipinski definition) is 0. The molecular formula is C21H28N2O2. The number of piperidine rings is 1. The van der Waals surface area contributed by atoms with Crippen molar-refractivity contribution in [2.75, 3.05) is 13.1 Å². The molecule has 0 unspecified atom stereocenters. The standard InChI is InChI=1S/C21H28N2O2/c1-15-14-18(22-17-9-7-6-8-16(15)17)21(5)10-12-23(13-11-21)19(24)25-20(2,3)4/h6-9,14H,10-13H2,1-5H3. The van der Waals surface area contributed by atoms with Crippen LogP contribution >= 0.6 is 0 Å². The lowest BCUT2D eigenvalue weighted by Gasteiger charge is -2.39. The number of ether oxygens (including phenoxy) is 1. The Balaban J connectivity index is 1.78. The van der Waals surface area contributed by atoms with Crippen molar-refractivity contribution in [1.29, 1.82) is 0 Å². The number of fused-ring (bicyclic) bond motifs is 1. The van der Waals surface area contributed by atoms with Crippen molar-refractivity contribution in [2.24, 2.45) is 0 Å². The van der Waals surface area contributed by atoms with E-state index in [1.54, 1.807) is 0 Å². The molecule has 1 aromatic heterocycles. The Labute approximate surface area is 150 Å². The molecule has 1 fully saturated rings. The molecule has 1 saturated heterocycles. The average Bonchev–Trinajstić information content (AvgIpc) is 2.54. The number of rotatable bonds is 1. The summed E-state index contributed by atoms with van der Waals surface area (Å²) < 4.78 is 5.50. The summed E-state index contributed by atoms with van der Waals surface area (Å²) in [7, 11) is 0. The maximum absolute atomic E-state index is 12.3. The molecule has 1 amide bonds. The van der Waals surface area contributed by atoms with Crippen molar-refractivity contribution in [1.82, 2.24) is 9.88 Å². The predicted octanol–water partition coefficient (Wildman–Crippen LogP) is 4.83. The highest BCUT2D eigenvalue weighted by Crippen LogP contribution is 2.36. The number of nitrogens with zero attached hydrogens (tertiary/aromatic N) is 2. The number of aryl methyl sites for hydroxylation is 1. The van der Waals surface area contributed by atoms with Crippen molar-refractivity contribution in [3.05, 3.63) is 41.6 Å². The molecule has 4 nitrogen and oxygen atoms in total. The van der Waals surface area contributed by atoms with Crippen molar-refractivity contribution in [2.45, 2.75) is 58.5 Å². The van der Waals surface area contributed by atoms with Gasteiger partial charge in [-0.15, -0.1) is 0 Å². The Morgan fingerprint density at radius 2 is 1.84 bits per heavy atom. The first-order valence-corrected chi connectivity index (χ1v) is 9.03. The fourth-order valence-electron chi connectivity index (χ4n) is 3.42. The minimum atomic E-state index is -0.450. The van der Waals surface area contributed by atoms with Crippen LogP contribution in [0.2, 0.25) is 0 Å². The van der Waals surface area contributed by atoms with Crippen LogP contribution in [0.25, 0.3) is 10.9 Å². The largest absolute Gasteiger partial charge is 0.444 e. The Morgan fingerprint density at radius 3 is 2.48 bits per heavy atom. The van der Waals surface area contributed by atoms with Gasteiger partial charge in [0.05, 0.1) is 5.52 Å². The molecule has 25 heavy (non-hydrogen) atoms. The minimum absolute atomic E-state index is 0.00664. The molecule has 0 aliphatic carbocycles. The van der Waals surface area contributed by atoms with Gasteiger partial charge in [0.25, 0.3) is 0 Å². The number of likely N-dealkylation sites (tertiary alicyclic amines) is 1. The van der Waals surface area contributed by atoms with Gasteiger partial charge in [-0.25, -0.2) is 4.79 Å². The molecule has 3 rings (SSSR count). The number of carbonyl (C=O) groups is 1. The summed E-state index contributed by atoms with van der Waals surface area (Å²) >= 11 is 0. The van der Waals surface area contributed by atoms with Crippen LogP contribution in [0.5, 0.6) is 0 Å². The molecule has 1 aromatic carbocycles. The van der Waals surface area contributed by atoms with Crippen LogP contribution in [0.15, 0.2) is 30.3 Å². The number of carbonyl (C=O) groups excluding carboxylic acids is 1. The van der Waals surface area contributed by atoms with Crippen LogP contribution in [0.4, 0.5) is 4.79 Å². The van der Waals surface area contributed by atoms with Gasteiger partial charge < -0.3 is 9.64 Å². The van der Waals surface area contributed by atoms with Crippen LogP contribution in [-0.4, -0.2) is 34.7 Å². The number of hydrogen-bond acceptors (Lipinski definition) is 3. The molecule has 1 aliphatic rings. The van der Waals surface area contributed by atoms with E-state index in [2.05, 4.69) is 38.1 Å². The maximum Gasteiger partial charge on any atom is 0.410 e. The molecule has 0 N–H and O–H groups in total. The summed E-state index contributed by atoms with van der Waals surface area (Å²) in [6.07, 6.45) is 1.59. The molecule has 134 valence electrons. The fourth-order valence-corrected chi connectivity index (χ4v) is 3.42. The summed E-state index contributed by atoms with van der Waals surface area (Å²) in [5.41, 5.74) is 2.99. The highest BCUT2D eigenvalue weighted by molar-refractivity contribution is 5.82. The molecule has 4 heteroatoms. The van der Waals surface area contributed by atoms with Gasteiger partial charge in [0, 0.05) is 29.6 Å². The third kappa shape index (κ3) is 3.78. The van der Waals surface area contributed by atoms with E-state index in [4.69, 9.17) is 9.72 Å². The number of aromatic nitrogens is 1. The number of pyridine rings is 1. The number of benzene rings is 1. The number of para-hydroxylation sites is 1. The van der Waals surface area contributed by atoms with E-state index in [1.807, 2.05) is 31.7 Å². The Hall–Kier alpha value is -2.10. The second-order valence-electron chi connectivity index (χ2n) is 8.37. The van der Waals surface area contributed by atoms with Crippen LogP contribution < -0.4 is 0 Å². The zero-order valence-corrected chi connectivity index (χ0v) is 15.9. The molecule has 2 heterocycles. The first-order valence-electron chi connectivity index (χ1n) is 9.03. The van der Waals surface area contributed by atoms with Gasteiger partial charge in [0.2, 0.25) is 0 Å². The second-order valence-corrected chi connectivity index (χ2v) is 8.37. The molecule has 2 aromatic rings. The fraction of sp³-hybridized carbons (Fsp3) is 0.524. The van der Waals surface area contributed by atoms with Crippen LogP contribution in [0.3, 0.4) is 0 Å². The van der Waals surface area contributed by atoms with Crippen LogP contribution in [0.1, 0.15) is 51.8 Å². The van der Waals surface area contributed by atoms with Gasteiger partial charge >= 0.3 is 6.09 Å². The predicted molar refractivity (Wildman–Crippen MR) is 101 cm³/mol. The van der Waals surface area contributed by atoms with E-state index in [0.29, 0.717) is 13.1 Å². The zero-order valence-electron chi connectivity index (χ0n) is 15.9. The van der Waals surface area contributed by atoms with Gasteiger partial charge in [-0.1, -0.05) is 25.1 Å². The Kier molecular flexibility index (Phi) is 4.48. The van der Waals surface area contributed by atoms with Gasteiger partial charge in [0.15, 0.2) is 0 Å². The van der Waals surface area contributed by atoms with E-state index in [-0.39, 0.29) is 11.5 Å². The van der Waals surface area contributed by atoms with Crippen molar-refractivity contribution in [3.63, 3.8) is 0 Å². The van der Waals surface area contributed by atoms with E-state index < -0.39 is 5.60 Å². The third-order valence-electron chi connectivity index (χ3n) is 5.06. The lowest BCUT2D eigenvalue weighted by atomic mass is 9.77. The van der Waals surface area contributed by atoms with Crippen molar-refractivity contribution >= 4 is 17.0 Å². The van der Waals surface area contributed by atoms with E-state index in [1.165, 1.54) is 10.9 Å². The summed E-state index contributed by atoms with van der Waals surface area (Å²) in [6.45, 7) is 11.5. The topological polar surface area (TPSA) is 42.4 Å². The number of amides is 1. The molecular weight excluding hydrogens is 312 g/mol. The highest BCUT2D eigenvalue weighted by atomic mass is 16.6. The minimum Gasteiger partial charge on any atom is -0.444 e. The zero-order chi connectivity index (χ0) is 18.2. The van der Waals surface area contributed by atoms with Crippen molar-refractivity contribution < 1.29 is 9.53 Å². The van der Waals surface area contributed by atoms with Crippen LogP contribution in [0, 0.1) is 6.92 Å². The monoisotopic (exact) mass is 340 g/mol. The molecule has 0 saturated carbocycles. The average molecular weight is 340 g/mol. The SMILES string of the molecule is Cc1cc(C2(C)CCN(C(=O)OC(C)(C)C)CC2)nc2ccccc12. The van der Waals surface area contributed by atoms with E-state index >= 15 is 0 Å². The summed E-state index contributed by atoms with van der Waals surface area (Å²) in [5.74, 6) is 0. The first kappa shape index (κ1) is 17.7. The molecule has 0 bridgehead atoms. The van der Waals surface area contributed by atoms with E-state index in [9.17, 15) is 4.79 Å². The Bertz CT molecular complexity index is 784.